The van der Waals surface area contributed by atoms with Crippen molar-refractivity contribution in [3.05, 3.63) is 51.2 Å². The van der Waals surface area contributed by atoms with Gasteiger partial charge in [0.1, 0.15) is 22.1 Å². The number of rotatable bonds is 6. The van der Waals surface area contributed by atoms with E-state index < -0.39 is 23.3 Å². The van der Waals surface area contributed by atoms with Crippen LogP contribution >= 0.6 is 34.9 Å². The van der Waals surface area contributed by atoms with Crippen LogP contribution in [0.5, 0.6) is 0 Å². The molecule has 0 saturated carbocycles. The van der Waals surface area contributed by atoms with Crippen LogP contribution in [0.1, 0.15) is 26.5 Å². The Balaban J connectivity index is 1.50. The molecule has 2 aliphatic rings. The summed E-state index contributed by atoms with van der Waals surface area (Å²) >= 11 is 4.32. The molecule has 1 aromatic carbocycles. The van der Waals surface area contributed by atoms with E-state index in [1.54, 1.807) is 6.07 Å². The van der Waals surface area contributed by atoms with E-state index in [4.69, 9.17) is 0 Å². The molecule has 11 heteroatoms. The number of aromatic nitrogens is 2. The van der Waals surface area contributed by atoms with Gasteiger partial charge < -0.3 is 10.4 Å². The normalized spacial score (nSPS) is 20.4. The molecule has 0 bridgehead atoms. The van der Waals surface area contributed by atoms with Crippen molar-refractivity contribution >= 4 is 52.6 Å². The molecular weight excluding hydrogens is 456 g/mol. The lowest BCUT2D eigenvalue weighted by atomic mass is 10.0. The van der Waals surface area contributed by atoms with Crippen LogP contribution in [0.4, 0.5) is 0 Å². The van der Waals surface area contributed by atoms with Gasteiger partial charge in [-0.15, -0.1) is 22.0 Å². The number of nitrogens with one attached hydrogen (secondary N) is 1. The summed E-state index contributed by atoms with van der Waals surface area (Å²) in [4.78, 5) is 38.8. The molecule has 162 valence electrons. The Kier molecular flexibility index (Phi) is 6.09. The summed E-state index contributed by atoms with van der Waals surface area (Å²) in [6.07, 6.45) is 0. The molecule has 0 spiro atoms. The zero-order chi connectivity index (χ0) is 22.3. The molecule has 8 nitrogen and oxygen atoms in total. The first kappa shape index (κ1) is 21.8. The Morgan fingerprint density at radius 1 is 1.29 bits per heavy atom. The zero-order valence-electron chi connectivity index (χ0n) is 17.0. The second-order valence-corrected chi connectivity index (χ2v) is 10.8. The number of nitrogens with zero attached hydrogens (tertiary/aromatic N) is 3. The van der Waals surface area contributed by atoms with Crippen molar-refractivity contribution in [3.8, 4) is 0 Å². The van der Waals surface area contributed by atoms with Gasteiger partial charge in [-0.1, -0.05) is 40.8 Å². The quantitative estimate of drug-likeness (QED) is 0.483. The monoisotopic (exact) mass is 476 g/mol. The van der Waals surface area contributed by atoms with Crippen LogP contribution in [0, 0.1) is 20.8 Å². The Labute approximate surface area is 191 Å². The maximum Gasteiger partial charge on any atom is 0.352 e. The molecule has 1 aromatic heterocycles. The van der Waals surface area contributed by atoms with Gasteiger partial charge in [0.15, 0.2) is 4.34 Å². The SMILES string of the molecule is Cc1ccc(C)c(C(=O)N[C@@H]2C(=O)N3C(C(=O)O)=C(CSc4nnc(C)s4)CS[C@H]23)c1. The van der Waals surface area contributed by atoms with Crippen molar-refractivity contribution < 1.29 is 19.5 Å². The maximum atomic E-state index is 12.8. The Morgan fingerprint density at radius 3 is 2.74 bits per heavy atom. The van der Waals surface area contributed by atoms with Crippen molar-refractivity contribution in [2.45, 2.75) is 36.5 Å². The number of carboxylic acids is 1. The lowest BCUT2D eigenvalue weighted by Crippen LogP contribution is -2.70. The molecule has 2 aliphatic heterocycles. The fraction of sp³-hybridized carbons (Fsp3) is 0.350. The third-order valence-corrected chi connectivity index (χ3v) is 8.45. The summed E-state index contributed by atoms with van der Waals surface area (Å²) in [7, 11) is 0. The number of aryl methyl sites for hydroxylation is 3. The first-order valence-electron chi connectivity index (χ1n) is 9.47. The molecule has 3 heterocycles. The van der Waals surface area contributed by atoms with E-state index in [0.29, 0.717) is 22.6 Å². The topological polar surface area (TPSA) is 112 Å². The third kappa shape index (κ3) is 4.21. The second kappa shape index (κ2) is 8.64. The van der Waals surface area contributed by atoms with Crippen LogP contribution < -0.4 is 5.32 Å². The number of β-lactam (4-membered cyclic amide) rings is 1. The van der Waals surface area contributed by atoms with Gasteiger partial charge in [-0.25, -0.2) is 4.79 Å². The minimum Gasteiger partial charge on any atom is -0.477 e. The summed E-state index contributed by atoms with van der Waals surface area (Å²) in [5.74, 6) is -0.978. The van der Waals surface area contributed by atoms with E-state index in [-0.39, 0.29) is 11.6 Å². The van der Waals surface area contributed by atoms with Gasteiger partial charge in [0.25, 0.3) is 11.8 Å². The molecule has 2 N–H and O–H groups in total. The predicted molar refractivity (Wildman–Crippen MR) is 120 cm³/mol. The minimum atomic E-state index is -1.14. The number of benzene rings is 1. The summed E-state index contributed by atoms with van der Waals surface area (Å²) in [5, 5.41) is 21.0. The standard InChI is InChI=1S/C20H20N4O4S3/c1-9-4-5-10(2)13(6-9)16(25)21-14-17(26)24-15(19(27)28)12(7-29-18(14)24)8-30-20-23-22-11(3)31-20/h4-6,14,18H,7-8H2,1-3H3,(H,21,25)(H,27,28)/t14-,18-/m1/s1. The van der Waals surface area contributed by atoms with Gasteiger partial charge in [0.05, 0.1) is 0 Å². The van der Waals surface area contributed by atoms with E-state index in [9.17, 15) is 19.5 Å². The number of carbonyl (C=O) groups excluding carboxylic acids is 2. The highest BCUT2D eigenvalue weighted by atomic mass is 32.2. The van der Waals surface area contributed by atoms with Crippen LogP contribution in [0.25, 0.3) is 0 Å². The minimum absolute atomic E-state index is 0.0136. The number of carbonyl (C=O) groups is 3. The third-order valence-electron chi connectivity index (χ3n) is 5.05. The van der Waals surface area contributed by atoms with E-state index in [1.165, 1.54) is 39.8 Å². The molecule has 2 aromatic rings. The maximum absolute atomic E-state index is 12.8. The second-order valence-electron chi connectivity index (χ2n) is 7.31. The highest BCUT2D eigenvalue weighted by Crippen LogP contribution is 2.41. The lowest BCUT2D eigenvalue weighted by Gasteiger charge is -2.49. The highest BCUT2D eigenvalue weighted by molar-refractivity contribution is 8.01. The number of carboxylic acid groups (broad SMARTS) is 1. The van der Waals surface area contributed by atoms with Crippen molar-refractivity contribution in [2.24, 2.45) is 0 Å². The molecule has 1 saturated heterocycles. The number of fused-ring (bicyclic) bond motifs is 1. The molecule has 31 heavy (non-hydrogen) atoms. The Bertz CT molecular complexity index is 1110. The van der Waals surface area contributed by atoms with Crippen LogP contribution in [-0.2, 0) is 9.59 Å². The van der Waals surface area contributed by atoms with Crippen molar-refractivity contribution in [2.75, 3.05) is 11.5 Å². The summed E-state index contributed by atoms with van der Waals surface area (Å²) in [6.45, 7) is 5.60. The molecule has 2 atom stereocenters. The number of amides is 2. The van der Waals surface area contributed by atoms with Gasteiger partial charge in [0, 0.05) is 17.1 Å². The number of thioether (sulfide) groups is 2. The smallest absolute Gasteiger partial charge is 0.352 e. The zero-order valence-corrected chi connectivity index (χ0v) is 19.5. The number of hydrogen-bond donors (Lipinski definition) is 2. The van der Waals surface area contributed by atoms with Gasteiger partial charge in [0.2, 0.25) is 0 Å². The average Bonchev–Trinajstić information content (AvgIpc) is 3.16. The van der Waals surface area contributed by atoms with Crippen molar-refractivity contribution in [1.82, 2.24) is 20.4 Å². The number of aliphatic carboxylic acids is 1. The van der Waals surface area contributed by atoms with Crippen LogP contribution in [0.2, 0.25) is 0 Å². The average molecular weight is 477 g/mol. The number of hydrogen-bond acceptors (Lipinski definition) is 8. The van der Waals surface area contributed by atoms with E-state index >= 15 is 0 Å². The summed E-state index contributed by atoms with van der Waals surface area (Å²) < 4.78 is 0.760. The molecule has 0 unspecified atom stereocenters. The van der Waals surface area contributed by atoms with E-state index in [0.717, 1.165) is 20.5 Å². The fourth-order valence-electron chi connectivity index (χ4n) is 3.48. The van der Waals surface area contributed by atoms with Gasteiger partial charge >= 0.3 is 5.97 Å². The fourth-order valence-corrected chi connectivity index (χ4v) is 6.78. The van der Waals surface area contributed by atoms with Crippen LogP contribution in [0.3, 0.4) is 0 Å². The van der Waals surface area contributed by atoms with Gasteiger partial charge in [-0.05, 0) is 38.0 Å². The van der Waals surface area contributed by atoms with E-state index in [1.807, 2.05) is 32.9 Å². The molecule has 0 aliphatic carbocycles. The molecule has 4 rings (SSSR count). The predicted octanol–water partition coefficient (Wildman–Crippen LogP) is 2.61. The highest BCUT2D eigenvalue weighted by Gasteiger charge is 2.54. The summed E-state index contributed by atoms with van der Waals surface area (Å²) in [5.41, 5.74) is 2.97. The van der Waals surface area contributed by atoms with Crippen molar-refractivity contribution in [3.63, 3.8) is 0 Å². The molecule has 2 amide bonds. The Morgan fingerprint density at radius 2 is 2.06 bits per heavy atom. The van der Waals surface area contributed by atoms with Crippen LogP contribution in [-0.4, -0.2) is 60.9 Å². The van der Waals surface area contributed by atoms with E-state index in [2.05, 4.69) is 15.5 Å². The molecule has 1 fully saturated rings. The Hall–Kier alpha value is -2.37. The first-order chi connectivity index (χ1) is 14.8. The van der Waals surface area contributed by atoms with Crippen molar-refractivity contribution in [1.29, 1.82) is 0 Å². The van der Waals surface area contributed by atoms with Gasteiger partial charge in [-0.2, -0.15) is 0 Å². The molecular formula is C20H20N4O4S3. The summed E-state index contributed by atoms with van der Waals surface area (Å²) in [6, 6.07) is 4.83. The first-order valence-corrected chi connectivity index (χ1v) is 12.3. The largest absolute Gasteiger partial charge is 0.477 e. The van der Waals surface area contributed by atoms with Gasteiger partial charge in [-0.3, -0.25) is 14.5 Å². The lowest BCUT2D eigenvalue weighted by molar-refractivity contribution is -0.148. The van der Waals surface area contributed by atoms with Crippen LogP contribution in [0.15, 0.2) is 33.8 Å². The molecule has 0 radical (unpaired) electrons.